The van der Waals surface area contributed by atoms with Crippen LogP contribution in [0.15, 0.2) is 11.6 Å². The molecule has 0 saturated carbocycles. The molecule has 0 radical (unpaired) electrons. The highest BCUT2D eigenvalue weighted by molar-refractivity contribution is 5.80. The van der Waals surface area contributed by atoms with Crippen LogP contribution in [-0.4, -0.2) is 17.0 Å². The fourth-order valence-electron chi connectivity index (χ4n) is 2.50. The summed E-state index contributed by atoms with van der Waals surface area (Å²) in [6.07, 6.45) is 4.27. The average Bonchev–Trinajstić information content (AvgIpc) is 2.10. The number of rotatable bonds is 3. The number of hydrogen-bond acceptors (Lipinski definition) is 2. The summed E-state index contributed by atoms with van der Waals surface area (Å²) in [5.74, 6) is 0.217. The van der Waals surface area contributed by atoms with E-state index in [-0.39, 0.29) is 11.2 Å². The van der Waals surface area contributed by atoms with Crippen molar-refractivity contribution in [2.24, 2.45) is 11.3 Å². The van der Waals surface area contributed by atoms with Gasteiger partial charge in [0, 0.05) is 0 Å². The molecule has 2 atom stereocenters. The molecule has 0 aromatic heterocycles. The van der Waals surface area contributed by atoms with Crippen LogP contribution in [0.4, 0.5) is 0 Å². The van der Waals surface area contributed by atoms with Crippen molar-refractivity contribution in [2.45, 2.75) is 53.1 Å². The zero-order valence-electron chi connectivity index (χ0n) is 10.2. The molecule has 0 aliphatic heterocycles. The average molecular weight is 210 g/mol. The van der Waals surface area contributed by atoms with Crippen LogP contribution in [-0.2, 0) is 4.79 Å². The third-order valence-corrected chi connectivity index (χ3v) is 3.68. The molecule has 2 nitrogen and oxygen atoms in total. The quantitative estimate of drug-likeness (QED) is 0.727. The van der Waals surface area contributed by atoms with Crippen molar-refractivity contribution < 1.29 is 9.90 Å². The number of aliphatic hydroxyl groups excluding tert-OH is 1. The lowest BCUT2D eigenvalue weighted by Gasteiger charge is -2.39. The van der Waals surface area contributed by atoms with Crippen LogP contribution in [0.2, 0.25) is 0 Å². The topological polar surface area (TPSA) is 37.3 Å². The maximum absolute atomic E-state index is 11.1. The first-order valence-electron chi connectivity index (χ1n) is 5.70. The molecule has 0 aromatic carbocycles. The van der Waals surface area contributed by atoms with E-state index in [1.807, 2.05) is 0 Å². The van der Waals surface area contributed by atoms with E-state index in [9.17, 15) is 9.90 Å². The standard InChI is InChI=1S/C13H22O2/c1-9-6-5-7-13(3,4)11(9)8-12(15)10(2)14/h6,11-12,15H,5,7-8H2,1-4H3. The summed E-state index contributed by atoms with van der Waals surface area (Å²) < 4.78 is 0. The van der Waals surface area contributed by atoms with Gasteiger partial charge in [0.2, 0.25) is 0 Å². The minimum Gasteiger partial charge on any atom is -0.385 e. The van der Waals surface area contributed by atoms with Gasteiger partial charge in [-0.05, 0) is 44.4 Å². The molecule has 1 rings (SSSR count). The normalized spacial score (nSPS) is 27.0. The van der Waals surface area contributed by atoms with Gasteiger partial charge in [-0.25, -0.2) is 0 Å². The molecule has 0 heterocycles. The van der Waals surface area contributed by atoms with Crippen molar-refractivity contribution >= 4 is 5.78 Å². The number of carbonyl (C=O) groups excluding carboxylic acids is 1. The zero-order valence-corrected chi connectivity index (χ0v) is 10.2. The van der Waals surface area contributed by atoms with E-state index in [0.717, 1.165) is 12.8 Å². The summed E-state index contributed by atoms with van der Waals surface area (Å²) in [7, 11) is 0. The molecule has 0 fully saturated rings. The van der Waals surface area contributed by atoms with Gasteiger partial charge in [-0.1, -0.05) is 25.5 Å². The molecule has 15 heavy (non-hydrogen) atoms. The third-order valence-electron chi connectivity index (χ3n) is 3.68. The van der Waals surface area contributed by atoms with Gasteiger partial charge in [-0.2, -0.15) is 0 Å². The van der Waals surface area contributed by atoms with Gasteiger partial charge in [0.1, 0.15) is 6.10 Å². The Kier molecular flexibility index (Phi) is 3.72. The molecule has 0 amide bonds. The number of carbonyl (C=O) groups is 1. The maximum Gasteiger partial charge on any atom is 0.158 e. The number of hydrogen-bond donors (Lipinski definition) is 1. The predicted octanol–water partition coefficient (Wildman–Crippen LogP) is 2.71. The summed E-state index contributed by atoms with van der Waals surface area (Å²) in [6, 6.07) is 0. The minimum absolute atomic E-state index is 0.121. The van der Waals surface area contributed by atoms with E-state index in [1.54, 1.807) is 0 Å². The Hall–Kier alpha value is -0.630. The van der Waals surface area contributed by atoms with Crippen molar-refractivity contribution in [1.82, 2.24) is 0 Å². The van der Waals surface area contributed by atoms with E-state index in [0.29, 0.717) is 12.3 Å². The number of Topliss-reactive ketones (excluding diaryl/α,β-unsaturated/α-hetero) is 1. The zero-order chi connectivity index (χ0) is 11.6. The SMILES string of the molecule is CC(=O)C(O)CC1C(C)=CCCC1(C)C. The monoisotopic (exact) mass is 210 g/mol. The van der Waals surface area contributed by atoms with Crippen LogP contribution in [0.3, 0.4) is 0 Å². The van der Waals surface area contributed by atoms with Crippen LogP contribution in [0.25, 0.3) is 0 Å². The highest BCUT2D eigenvalue weighted by Crippen LogP contribution is 2.43. The highest BCUT2D eigenvalue weighted by atomic mass is 16.3. The number of ketones is 1. The molecule has 0 aromatic rings. The van der Waals surface area contributed by atoms with E-state index in [4.69, 9.17) is 0 Å². The third kappa shape index (κ3) is 2.91. The van der Waals surface area contributed by atoms with Crippen molar-refractivity contribution in [3.05, 3.63) is 11.6 Å². The predicted molar refractivity (Wildman–Crippen MR) is 61.6 cm³/mol. The Morgan fingerprint density at radius 1 is 1.67 bits per heavy atom. The second-order valence-corrected chi connectivity index (χ2v) is 5.39. The highest BCUT2D eigenvalue weighted by Gasteiger charge is 2.34. The second-order valence-electron chi connectivity index (χ2n) is 5.39. The van der Waals surface area contributed by atoms with Crippen LogP contribution in [0, 0.1) is 11.3 Å². The first-order valence-corrected chi connectivity index (χ1v) is 5.70. The molecular weight excluding hydrogens is 188 g/mol. The van der Waals surface area contributed by atoms with Gasteiger partial charge < -0.3 is 5.11 Å². The fraction of sp³-hybridized carbons (Fsp3) is 0.769. The van der Waals surface area contributed by atoms with Crippen LogP contribution in [0.5, 0.6) is 0 Å². The van der Waals surface area contributed by atoms with E-state index >= 15 is 0 Å². The molecule has 0 saturated heterocycles. The van der Waals surface area contributed by atoms with Crippen molar-refractivity contribution in [2.75, 3.05) is 0 Å². The molecule has 0 spiro atoms. The summed E-state index contributed by atoms with van der Waals surface area (Å²) >= 11 is 0. The van der Waals surface area contributed by atoms with Crippen molar-refractivity contribution in [1.29, 1.82) is 0 Å². The number of allylic oxidation sites excluding steroid dienone is 2. The van der Waals surface area contributed by atoms with Gasteiger partial charge >= 0.3 is 0 Å². The lowest BCUT2D eigenvalue weighted by atomic mass is 9.66. The van der Waals surface area contributed by atoms with Gasteiger partial charge in [0.25, 0.3) is 0 Å². The fourth-order valence-corrected chi connectivity index (χ4v) is 2.50. The molecule has 1 aliphatic rings. The largest absolute Gasteiger partial charge is 0.385 e. The smallest absolute Gasteiger partial charge is 0.158 e. The molecule has 2 heteroatoms. The van der Waals surface area contributed by atoms with Crippen LogP contribution in [0.1, 0.15) is 47.0 Å². The Labute approximate surface area is 92.4 Å². The Morgan fingerprint density at radius 2 is 2.27 bits per heavy atom. The Bertz CT molecular complexity index is 276. The molecule has 86 valence electrons. The first kappa shape index (κ1) is 12.4. The van der Waals surface area contributed by atoms with Gasteiger partial charge in [0.15, 0.2) is 5.78 Å². The molecule has 1 N–H and O–H groups in total. The summed E-state index contributed by atoms with van der Waals surface area (Å²) in [5.41, 5.74) is 1.53. The van der Waals surface area contributed by atoms with Gasteiger partial charge in [0.05, 0.1) is 0 Å². The molecule has 2 unspecified atom stereocenters. The van der Waals surface area contributed by atoms with E-state index in [1.165, 1.54) is 12.5 Å². The molecule has 0 bridgehead atoms. The van der Waals surface area contributed by atoms with Crippen molar-refractivity contribution in [3.63, 3.8) is 0 Å². The minimum atomic E-state index is -0.796. The van der Waals surface area contributed by atoms with Crippen molar-refractivity contribution in [3.8, 4) is 0 Å². The lowest BCUT2D eigenvalue weighted by Crippen LogP contribution is -2.33. The van der Waals surface area contributed by atoms with Gasteiger partial charge in [-0.15, -0.1) is 0 Å². The Balaban J connectivity index is 2.77. The van der Waals surface area contributed by atoms with Crippen LogP contribution >= 0.6 is 0 Å². The lowest BCUT2D eigenvalue weighted by molar-refractivity contribution is -0.126. The van der Waals surface area contributed by atoms with Gasteiger partial charge in [-0.3, -0.25) is 4.79 Å². The van der Waals surface area contributed by atoms with Crippen LogP contribution < -0.4 is 0 Å². The summed E-state index contributed by atoms with van der Waals surface area (Å²) in [6.45, 7) is 8.01. The Morgan fingerprint density at radius 3 is 2.73 bits per heavy atom. The van der Waals surface area contributed by atoms with E-state index < -0.39 is 6.10 Å². The second kappa shape index (κ2) is 4.48. The maximum atomic E-state index is 11.1. The first-order chi connectivity index (χ1) is 6.84. The molecular formula is C13H22O2. The van der Waals surface area contributed by atoms with E-state index in [2.05, 4.69) is 26.8 Å². The number of aliphatic hydroxyl groups is 1. The molecule has 1 aliphatic carbocycles. The summed E-state index contributed by atoms with van der Waals surface area (Å²) in [5, 5.41) is 9.65. The summed E-state index contributed by atoms with van der Waals surface area (Å²) in [4.78, 5) is 11.1.